The van der Waals surface area contributed by atoms with Gasteiger partial charge in [0.15, 0.2) is 0 Å². The van der Waals surface area contributed by atoms with Crippen LogP contribution < -0.4 is 0 Å². The molecular formula is C27H33N5S. The van der Waals surface area contributed by atoms with E-state index in [0.717, 1.165) is 56.9 Å². The summed E-state index contributed by atoms with van der Waals surface area (Å²) >= 11 is 1.46. The number of hydrogen-bond acceptors (Lipinski definition) is 6. The molecule has 6 heteroatoms. The van der Waals surface area contributed by atoms with Crippen molar-refractivity contribution in [1.82, 2.24) is 9.80 Å². The molecule has 172 valence electrons. The van der Waals surface area contributed by atoms with E-state index in [1.165, 1.54) is 16.9 Å². The van der Waals surface area contributed by atoms with Crippen LogP contribution in [0.2, 0.25) is 0 Å². The summed E-state index contributed by atoms with van der Waals surface area (Å²) in [5.41, 5.74) is 0.753. The van der Waals surface area contributed by atoms with Gasteiger partial charge in [-0.25, -0.2) is 0 Å². The highest BCUT2D eigenvalue weighted by Crippen LogP contribution is 2.40. The maximum atomic E-state index is 10.1. The monoisotopic (exact) mass is 459 g/mol. The molecule has 1 unspecified atom stereocenters. The molecule has 1 aliphatic heterocycles. The van der Waals surface area contributed by atoms with E-state index in [0.29, 0.717) is 17.3 Å². The molecule has 5 nitrogen and oxygen atoms in total. The molecule has 1 fully saturated rings. The van der Waals surface area contributed by atoms with Gasteiger partial charge in [-0.15, -0.1) is 11.3 Å². The average molecular weight is 460 g/mol. The minimum atomic E-state index is -0.537. The maximum Gasteiger partial charge on any atom is 0.110 e. The minimum absolute atomic E-state index is 0.186. The average Bonchev–Trinajstić information content (AvgIpc) is 3.50. The van der Waals surface area contributed by atoms with Crippen LogP contribution in [-0.4, -0.2) is 42.0 Å². The van der Waals surface area contributed by atoms with E-state index < -0.39 is 5.41 Å². The smallest absolute Gasteiger partial charge is 0.110 e. The van der Waals surface area contributed by atoms with Crippen LogP contribution in [0.5, 0.6) is 0 Å². The van der Waals surface area contributed by atoms with Gasteiger partial charge in [-0.05, 0) is 56.0 Å². The predicted molar refractivity (Wildman–Crippen MR) is 132 cm³/mol. The molecule has 1 saturated heterocycles. The van der Waals surface area contributed by atoms with E-state index >= 15 is 0 Å². The molecule has 1 aromatic heterocycles. The summed E-state index contributed by atoms with van der Waals surface area (Å²) in [6, 6.07) is 21.9. The second kappa shape index (κ2) is 12.0. The van der Waals surface area contributed by atoms with Crippen LogP contribution >= 0.6 is 11.3 Å². The number of benzene rings is 1. The van der Waals surface area contributed by atoms with Gasteiger partial charge < -0.3 is 4.90 Å². The third-order valence-electron chi connectivity index (χ3n) is 6.89. The molecule has 3 rings (SSSR count). The van der Waals surface area contributed by atoms with Gasteiger partial charge in [0.2, 0.25) is 0 Å². The topological polar surface area (TPSA) is 77.8 Å². The Morgan fingerprint density at radius 3 is 2.58 bits per heavy atom. The zero-order valence-electron chi connectivity index (χ0n) is 19.7. The van der Waals surface area contributed by atoms with Crippen molar-refractivity contribution in [3.05, 3.63) is 57.8 Å². The molecule has 0 N–H and O–H groups in total. The standard InChI is InChI=1S/C27H33N5S/c1-22(2)27(21-30,26-11-10-25(18-29)33-26)13-6-15-31-17-12-24(20-31)32(16-7-14-28)19-23-8-4-3-5-9-23/h3-5,8-11,22,24H,6-7,12-13,15-17,19-20H2,1-2H3/t24-,27?/m1/s1. The first-order chi connectivity index (χ1) is 16.0. The Labute approximate surface area is 202 Å². The van der Waals surface area contributed by atoms with Crippen LogP contribution in [0.4, 0.5) is 0 Å². The fraction of sp³-hybridized carbons (Fsp3) is 0.519. The Hall–Kier alpha value is -2.69. The van der Waals surface area contributed by atoms with E-state index in [1.807, 2.05) is 18.2 Å². The molecule has 2 heterocycles. The third-order valence-corrected chi connectivity index (χ3v) is 8.06. The Kier molecular flexibility index (Phi) is 9.04. The van der Waals surface area contributed by atoms with Crippen molar-refractivity contribution in [2.45, 2.75) is 57.5 Å². The van der Waals surface area contributed by atoms with Gasteiger partial charge in [0.05, 0.1) is 17.6 Å². The first-order valence-electron chi connectivity index (χ1n) is 11.8. The summed E-state index contributed by atoms with van der Waals surface area (Å²) in [6.45, 7) is 8.94. The first-order valence-corrected chi connectivity index (χ1v) is 12.6. The Balaban J connectivity index is 1.59. The summed E-state index contributed by atoms with van der Waals surface area (Å²) in [6.07, 6.45) is 3.42. The van der Waals surface area contributed by atoms with Crippen molar-refractivity contribution in [2.24, 2.45) is 5.92 Å². The second-order valence-corrected chi connectivity index (χ2v) is 10.3. The number of nitriles is 3. The normalized spacial score (nSPS) is 18.0. The molecule has 2 aromatic rings. The summed E-state index contributed by atoms with van der Waals surface area (Å²) in [4.78, 5) is 6.65. The second-order valence-electron chi connectivity index (χ2n) is 9.22. The molecule has 0 radical (unpaired) electrons. The fourth-order valence-electron chi connectivity index (χ4n) is 4.87. The molecule has 0 saturated carbocycles. The van der Waals surface area contributed by atoms with Gasteiger partial charge in [-0.1, -0.05) is 44.2 Å². The Bertz CT molecular complexity index is 1010. The molecule has 0 bridgehead atoms. The Morgan fingerprint density at radius 1 is 1.15 bits per heavy atom. The van der Waals surface area contributed by atoms with E-state index in [9.17, 15) is 10.5 Å². The van der Waals surface area contributed by atoms with Gasteiger partial charge in [0, 0.05) is 37.0 Å². The van der Waals surface area contributed by atoms with E-state index in [2.05, 4.69) is 66.1 Å². The number of rotatable bonds is 11. The van der Waals surface area contributed by atoms with Crippen LogP contribution in [-0.2, 0) is 12.0 Å². The summed E-state index contributed by atoms with van der Waals surface area (Å²) in [7, 11) is 0. The summed E-state index contributed by atoms with van der Waals surface area (Å²) < 4.78 is 0. The number of thiophene rings is 1. The van der Waals surface area contributed by atoms with Crippen molar-refractivity contribution >= 4 is 11.3 Å². The van der Waals surface area contributed by atoms with Crippen LogP contribution in [0, 0.1) is 39.9 Å². The molecule has 2 atom stereocenters. The van der Waals surface area contributed by atoms with Gasteiger partial charge in [0.25, 0.3) is 0 Å². The quantitative estimate of drug-likeness (QED) is 0.455. The predicted octanol–water partition coefficient (Wildman–Crippen LogP) is 5.31. The molecule has 1 aromatic carbocycles. The lowest BCUT2D eigenvalue weighted by Gasteiger charge is -2.31. The fourth-order valence-corrected chi connectivity index (χ4v) is 5.99. The lowest BCUT2D eigenvalue weighted by molar-refractivity contribution is 0.186. The third kappa shape index (κ3) is 6.21. The highest BCUT2D eigenvalue weighted by atomic mass is 32.1. The highest BCUT2D eigenvalue weighted by molar-refractivity contribution is 7.12. The molecule has 1 aliphatic rings. The summed E-state index contributed by atoms with van der Waals surface area (Å²) in [5.74, 6) is 0.186. The lowest BCUT2D eigenvalue weighted by Crippen LogP contribution is -2.38. The largest absolute Gasteiger partial charge is 0.302 e. The van der Waals surface area contributed by atoms with Crippen molar-refractivity contribution in [2.75, 3.05) is 26.2 Å². The summed E-state index contributed by atoms with van der Waals surface area (Å²) in [5, 5.41) is 28.5. The van der Waals surface area contributed by atoms with Gasteiger partial charge >= 0.3 is 0 Å². The van der Waals surface area contributed by atoms with Crippen molar-refractivity contribution in [1.29, 1.82) is 15.8 Å². The lowest BCUT2D eigenvalue weighted by atomic mass is 9.73. The van der Waals surface area contributed by atoms with Crippen LogP contribution in [0.1, 0.15) is 54.8 Å². The van der Waals surface area contributed by atoms with E-state index in [-0.39, 0.29) is 5.92 Å². The zero-order chi connectivity index (χ0) is 23.7. The van der Waals surface area contributed by atoms with Crippen molar-refractivity contribution < 1.29 is 0 Å². The van der Waals surface area contributed by atoms with Crippen molar-refractivity contribution in [3.63, 3.8) is 0 Å². The van der Waals surface area contributed by atoms with Gasteiger partial charge in [-0.3, -0.25) is 4.90 Å². The number of likely N-dealkylation sites (tertiary alicyclic amines) is 1. The van der Waals surface area contributed by atoms with Crippen molar-refractivity contribution in [3.8, 4) is 18.2 Å². The number of nitrogens with zero attached hydrogens (tertiary/aromatic N) is 5. The van der Waals surface area contributed by atoms with Crippen LogP contribution in [0.25, 0.3) is 0 Å². The van der Waals surface area contributed by atoms with E-state index in [4.69, 9.17) is 5.26 Å². The maximum absolute atomic E-state index is 10.1. The molecular weight excluding hydrogens is 426 g/mol. The molecule has 0 amide bonds. The van der Waals surface area contributed by atoms with Crippen LogP contribution in [0.3, 0.4) is 0 Å². The highest BCUT2D eigenvalue weighted by Gasteiger charge is 2.37. The SMILES string of the molecule is CC(C)C(C#N)(CCCN1CC[C@@H](N(CCC#N)Cc2ccccc2)C1)c1ccc(C#N)s1. The number of hydrogen-bond donors (Lipinski definition) is 0. The molecule has 0 aliphatic carbocycles. The van der Waals surface area contributed by atoms with Crippen LogP contribution in [0.15, 0.2) is 42.5 Å². The van der Waals surface area contributed by atoms with E-state index in [1.54, 1.807) is 0 Å². The zero-order valence-corrected chi connectivity index (χ0v) is 20.5. The Morgan fingerprint density at radius 2 is 1.94 bits per heavy atom. The molecule has 0 spiro atoms. The van der Waals surface area contributed by atoms with Gasteiger partial charge in [-0.2, -0.15) is 15.8 Å². The minimum Gasteiger partial charge on any atom is -0.302 e. The molecule has 33 heavy (non-hydrogen) atoms. The first kappa shape index (κ1) is 24.9. The van der Waals surface area contributed by atoms with Gasteiger partial charge in [0.1, 0.15) is 10.9 Å².